The van der Waals surface area contributed by atoms with Gasteiger partial charge in [0.1, 0.15) is 11.1 Å². The molecule has 1 amide bonds. The van der Waals surface area contributed by atoms with Gasteiger partial charge in [-0.1, -0.05) is 0 Å². The molecule has 0 saturated heterocycles. The van der Waals surface area contributed by atoms with Crippen molar-refractivity contribution in [2.75, 3.05) is 18.4 Å². The molecule has 0 aliphatic carbocycles. The Bertz CT molecular complexity index is 630. The lowest BCUT2D eigenvalue weighted by Crippen LogP contribution is -2.35. The zero-order valence-electron chi connectivity index (χ0n) is 12.8. The van der Waals surface area contributed by atoms with E-state index in [0.717, 1.165) is 11.0 Å². The number of rotatable bonds is 4. The van der Waals surface area contributed by atoms with Gasteiger partial charge in [-0.05, 0) is 26.8 Å². The first kappa shape index (κ1) is 15.1. The molecule has 0 aliphatic rings. The topological polar surface area (TPSA) is 81.1 Å². The van der Waals surface area contributed by atoms with Gasteiger partial charge < -0.3 is 19.9 Å². The number of carbonyl (C=O) groups is 1. The molecule has 2 aromatic rings. The molecule has 2 aromatic heterocycles. The van der Waals surface area contributed by atoms with Crippen molar-refractivity contribution in [3.63, 3.8) is 0 Å². The Balaban J connectivity index is 1.84. The van der Waals surface area contributed by atoms with Crippen molar-refractivity contribution in [3.05, 3.63) is 18.6 Å². The van der Waals surface area contributed by atoms with Gasteiger partial charge in [-0.15, -0.1) is 0 Å². The Morgan fingerprint density at radius 2 is 2.10 bits per heavy atom. The molecule has 0 aliphatic heterocycles. The van der Waals surface area contributed by atoms with Crippen LogP contribution in [0.25, 0.3) is 11.0 Å². The largest absolute Gasteiger partial charge is 0.444 e. The molecule has 0 spiro atoms. The van der Waals surface area contributed by atoms with Crippen LogP contribution in [-0.2, 0) is 11.8 Å². The first-order valence-electron chi connectivity index (χ1n) is 6.83. The number of carbonyl (C=O) groups excluding carboxylic acids is 1. The SMILES string of the molecule is Cn1cnc2c(NCCNC(=O)OC(C)(C)C)nccc21. The summed E-state index contributed by atoms with van der Waals surface area (Å²) in [6.45, 7) is 6.48. The number of amides is 1. The molecule has 0 atom stereocenters. The second-order valence-electron chi connectivity index (χ2n) is 5.74. The average molecular weight is 291 g/mol. The van der Waals surface area contributed by atoms with Crippen LogP contribution in [0.3, 0.4) is 0 Å². The minimum Gasteiger partial charge on any atom is -0.444 e. The van der Waals surface area contributed by atoms with Crippen molar-refractivity contribution in [2.24, 2.45) is 7.05 Å². The standard InChI is InChI=1S/C14H21N5O2/c1-14(2,3)21-13(20)17-8-7-16-12-11-10(5-6-15-12)19(4)9-18-11/h5-6,9H,7-8H2,1-4H3,(H,15,16)(H,17,20). The van der Waals surface area contributed by atoms with Crippen LogP contribution >= 0.6 is 0 Å². The Morgan fingerprint density at radius 3 is 2.81 bits per heavy atom. The fraction of sp³-hybridized carbons (Fsp3) is 0.500. The van der Waals surface area contributed by atoms with E-state index >= 15 is 0 Å². The highest BCUT2D eigenvalue weighted by molar-refractivity contribution is 5.85. The van der Waals surface area contributed by atoms with Crippen molar-refractivity contribution >= 4 is 22.9 Å². The van der Waals surface area contributed by atoms with Gasteiger partial charge in [0, 0.05) is 26.3 Å². The minimum atomic E-state index is -0.487. The normalized spacial score (nSPS) is 11.4. The summed E-state index contributed by atoms with van der Waals surface area (Å²) in [5.41, 5.74) is 1.34. The van der Waals surface area contributed by atoms with E-state index in [0.29, 0.717) is 18.9 Å². The van der Waals surface area contributed by atoms with E-state index in [1.54, 1.807) is 12.5 Å². The number of pyridine rings is 1. The minimum absolute atomic E-state index is 0.423. The third-order valence-electron chi connectivity index (χ3n) is 2.73. The van der Waals surface area contributed by atoms with E-state index in [4.69, 9.17) is 4.74 Å². The molecule has 2 heterocycles. The summed E-state index contributed by atoms with van der Waals surface area (Å²) in [6, 6.07) is 1.91. The summed E-state index contributed by atoms with van der Waals surface area (Å²) in [4.78, 5) is 20.1. The highest BCUT2D eigenvalue weighted by atomic mass is 16.6. The predicted molar refractivity (Wildman–Crippen MR) is 81.2 cm³/mol. The van der Waals surface area contributed by atoms with Crippen molar-refractivity contribution < 1.29 is 9.53 Å². The monoisotopic (exact) mass is 291 g/mol. The van der Waals surface area contributed by atoms with Gasteiger partial charge in [0.2, 0.25) is 0 Å². The number of hydrogen-bond acceptors (Lipinski definition) is 5. The third-order valence-corrected chi connectivity index (χ3v) is 2.73. The van der Waals surface area contributed by atoms with Gasteiger partial charge in [-0.3, -0.25) is 0 Å². The van der Waals surface area contributed by atoms with Crippen LogP contribution in [0.2, 0.25) is 0 Å². The van der Waals surface area contributed by atoms with Crippen molar-refractivity contribution in [2.45, 2.75) is 26.4 Å². The maximum atomic E-state index is 11.5. The lowest BCUT2D eigenvalue weighted by atomic mass is 10.2. The summed E-state index contributed by atoms with van der Waals surface area (Å²) in [5, 5.41) is 5.85. The zero-order valence-corrected chi connectivity index (χ0v) is 12.8. The van der Waals surface area contributed by atoms with Crippen LogP contribution in [0.5, 0.6) is 0 Å². The lowest BCUT2D eigenvalue weighted by Gasteiger charge is -2.19. The van der Waals surface area contributed by atoms with Crippen molar-refractivity contribution in [1.82, 2.24) is 19.9 Å². The van der Waals surface area contributed by atoms with E-state index in [2.05, 4.69) is 20.6 Å². The smallest absolute Gasteiger partial charge is 0.407 e. The second kappa shape index (κ2) is 5.99. The van der Waals surface area contributed by atoms with Crippen LogP contribution in [0.4, 0.5) is 10.6 Å². The number of aromatic nitrogens is 3. The molecule has 7 heteroatoms. The predicted octanol–water partition coefficient (Wildman–Crippen LogP) is 1.90. The van der Waals surface area contributed by atoms with Gasteiger partial charge in [-0.2, -0.15) is 0 Å². The van der Waals surface area contributed by atoms with Crippen LogP contribution in [0.1, 0.15) is 20.8 Å². The van der Waals surface area contributed by atoms with E-state index in [9.17, 15) is 4.79 Å². The highest BCUT2D eigenvalue weighted by Crippen LogP contribution is 2.17. The molecule has 0 saturated carbocycles. The van der Waals surface area contributed by atoms with Crippen molar-refractivity contribution in [3.8, 4) is 0 Å². The summed E-state index contributed by atoms with van der Waals surface area (Å²) in [7, 11) is 1.93. The molecular formula is C14H21N5O2. The molecule has 0 fully saturated rings. The van der Waals surface area contributed by atoms with E-state index in [1.165, 1.54) is 0 Å². The number of alkyl carbamates (subject to hydrolysis) is 1. The van der Waals surface area contributed by atoms with Crippen LogP contribution < -0.4 is 10.6 Å². The fourth-order valence-corrected chi connectivity index (χ4v) is 1.85. The number of anilines is 1. The Hall–Kier alpha value is -2.31. The number of fused-ring (bicyclic) bond motifs is 1. The Morgan fingerprint density at radius 1 is 1.33 bits per heavy atom. The van der Waals surface area contributed by atoms with Crippen LogP contribution in [-0.4, -0.2) is 39.3 Å². The lowest BCUT2D eigenvalue weighted by molar-refractivity contribution is 0.0530. The number of nitrogens with one attached hydrogen (secondary N) is 2. The Labute approximate surface area is 123 Å². The summed E-state index contributed by atoms with van der Waals surface area (Å²) < 4.78 is 7.09. The number of ether oxygens (including phenoxy) is 1. The summed E-state index contributed by atoms with van der Waals surface area (Å²) >= 11 is 0. The van der Waals surface area contributed by atoms with Gasteiger partial charge in [0.05, 0.1) is 11.8 Å². The first-order chi connectivity index (χ1) is 9.87. The van der Waals surface area contributed by atoms with Gasteiger partial charge in [0.25, 0.3) is 0 Å². The van der Waals surface area contributed by atoms with E-state index < -0.39 is 11.7 Å². The van der Waals surface area contributed by atoms with Crippen LogP contribution in [0, 0.1) is 0 Å². The number of aryl methyl sites for hydroxylation is 1. The maximum Gasteiger partial charge on any atom is 0.407 e. The number of hydrogen-bond donors (Lipinski definition) is 2. The van der Waals surface area contributed by atoms with Gasteiger partial charge >= 0.3 is 6.09 Å². The van der Waals surface area contributed by atoms with E-state index in [-0.39, 0.29) is 0 Å². The van der Waals surface area contributed by atoms with Gasteiger partial charge in [-0.25, -0.2) is 14.8 Å². The maximum absolute atomic E-state index is 11.5. The quantitative estimate of drug-likeness (QED) is 0.841. The van der Waals surface area contributed by atoms with Crippen molar-refractivity contribution in [1.29, 1.82) is 0 Å². The zero-order chi connectivity index (χ0) is 15.5. The molecule has 21 heavy (non-hydrogen) atoms. The summed E-state index contributed by atoms with van der Waals surface area (Å²) in [5.74, 6) is 0.707. The average Bonchev–Trinajstić information content (AvgIpc) is 2.75. The molecule has 114 valence electrons. The number of imidazole rings is 1. The molecule has 0 bridgehead atoms. The van der Waals surface area contributed by atoms with Crippen LogP contribution in [0.15, 0.2) is 18.6 Å². The molecule has 2 rings (SSSR count). The highest BCUT2D eigenvalue weighted by Gasteiger charge is 2.15. The second-order valence-corrected chi connectivity index (χ2v) is 5.74. The fourth-order valence-electron chi connectivity index (χ4n) is 1.85. The Kier molecular flexibility index (Phi) is 4.30. The molecule has 2 N–H and O–H groups in total. The molecular weight excluding hydrogens is 270 g/mol. The van der Waals surface area contributed by atoms with Gasteiger partial charge in [0.15, 0.2) is 5.82 Å². The van der Waals surface area contributed by atoms with E-state index in [1.807, 2.05) is 38.5 Å². The first-order valence-corrected chi connectivity index (χ1v) is 6.83. The molecule has 0 radical (unpaired) electrons. The molecule has 0 aromatic carbocycles. The summed E-state index contributed by atoms with van der Waals surface area (Å²) in [6.07, 6.45) is 3.05. The number of nitrogens with zero attached hydrogens (tertiary/aromatic N) is 3. The molecule has 0 unspecified atom stereocenters. The molecule has 7 nitrogen and oxygen atoms in total. The third kappa shape index (κ3) is 4.08.